The summed E-state index contributed by atoms with van der Waals surface area (Å²) in [5, 5.41) is 11.2. The molecule has 2 aromatic carbocycles. The van der Waals surface area contributed by atoms with Crippen LogP contribution in [0.2, 0.25) is 0 Å². The summed E-state index contributed by atoms with van der Waals surface area (Å²) in [6, 6.07) is 8.83. The number of nitrogens with zero attached hydrogens (tertiary/aromatic N) is 4. The van der Waals surface area contributed by atoms with Crippen molar-refractivity contribution >= 4 is 21.6 Å². The van der Waals surface area contributed by atoms with Crippen molar-refractivity contribution in [1.82, 2.24) is 20.2 Å². The maximum absolute atomic E-state index is 14.1. The van der Waals surface area contributed by atoms with E-state index in [0.717, 1.165) is 12.1 Å². The molecular formula is C13H8BrF2N5. The van der Waals surface area contributed by atoms with Crippen LogP contribution in [-0.2, 0) is 0 Å². The molecule has 5 nitrogen and oxygen atoms in total. The second-order valence-electron chi connectivity index (χ2n) is 4.22. The van der Waals surface area contributed by atoms with Gasteiger partial charge in [-0.05, 0) is 44.6 Å². The fourth-order valence-corrected chi connectivity index (χ4v) is 2.52. The maximum Gasteiger partial charge on any atom is 0.189 e. The van der Waals surface area contributed by atoms with Crippen molar-refractivity contribution in [3.8, 4) is 17.1 Å². The predicted molar refractivity (Wildman–Crippen MR) is 76.6 cm³/mol. The molecule has 8 heteroatoms. The first-order valence-electron chi connectivity index (χ1n) is 5.86. The van der Waals surface area contributed by atoms with Crippen molar-refractivity contribution in [3.05, 3.63) is 52.5 Å². The molecular weight excluding hydrogens is 344 g/mol. The van der Waals surface area contributed by atoms with Crippen LogP contribution in [0.3, 0.4) is 0 Å². The van der Waals surface area contributed by atoms with E-state index in [1.807, 2.05) is 0 Å². The highest BCUT2D eigenvalue weighted by atomic mass is 79.9. The summed E-state index contributed by atoms with van der Waals surface area (Å²) >= 11 is 3.12. The van der Waals surface area contributed by atoms with Crippen LogP contribution in [0.4, 0.5) is 14.5 Å². The zero-order chi connectivity index (χ0) is 15.0. The number of rotatable bonds is 2. The molecule has 0 radical (unpaired) electrons. The lowest BCUT2D eigenvalue weighted by Gasteiger charge is -2.09. The van der Waals surface area contributed by atoms with Gasteiger partial charge >= 0.3 is 0 Å². The molecule has 0 atom stereocenters. The highest BCUT2D eigenvalue weighted by Gasteiger charge is 2.19. The third kappa shape index (κ3) is 2.38. The van der Waals surface area contributed by atoms with Crippen LogP contribution in [0.1, 0.15) is 0 Å². The predicted octanol–water partition coefficient (Wildman–Crippen LogP) is 2.95. The van der Waals surface area contributed by atoms with E-state index < -0.39 is 11.6 Å². The molecule has 0 unspecified atom stereocenters. The first-order chi connectivity index (χ1) is 10.1. The van der Waals surface area contributed by atoms with Crippen molar-refractivity contribution in [2.75, 3.05) is 5.73 Å². The molecule has 0 saturated heterocycles. The van der Waals surface area contributed by atoms with Gasteiger partial charge in [-0.15, -0.1) is 5.10 Å². The van der Waals surface area contributed by atoms with Crippen LogP contribution in [0.15, 0.2) is 40.9 Å². The van der Waals surface area contributed by atoms with Gasteiger partial charge in [-0.3, -0.25) is 0 Å². The lowest BCUT2D eigenvalue weighted by molar-refractivity contribution is 0.570. The average Bonchev–Trinajstić information content (AvgIpc) is 2.87. The molecule has 1 aromatic heterocycles. The van der Waals surface area contributed by atoms with Gasteiger partial charge in [-0.1, -0.05) is 12.1 Å². The molecule has 3 aromatic rings. The van der Waals surface area contributed by atoms with E-state index in [2.05, 4.69) is 31.5 Å². The summed E-state index contributed by atoms with van der Waals surface area (Å²) < 4.78 is 28.6. The highest BCUT2D eigenvalue weighted by molar-refractivity contribution is 9.10. The number of benzene rings is 2. The van der Waals surface area contributed by atoms with Crippen LogP contribution in [-0.4, -0.2) is 20.2 Å². The van der Waals surface area contributed by atoms with Crippen LogP contribution in [0, 0.1) is 11.6 Å². The van der Waals surface area contributed by atoms with Crippen molar-refractivity contribution in [2.24, 2.45) is 0 Å². The van der Waals surface area contributed by atoms with Crippen LogP contribution < -0.4 is 5.73 Å². The Morgan fingerprint density at radius 2 is 1.90 bits per heavy atom. The molecule has 0 aliphatic carbocycles. The minimum absolute atomic E-state index is 0.0136. The highest BCUT2D eigenvalue weighted by Crippen LogP contribution is 2.30. The van der Waals surface area contributed by atoms with E-state index >= 15 is 0 Å². The topological polar surface area (TPSA) is 69.6 Å². The molecule has 0 aliphatic rings. The number of aromatic nitrogens is 4. The fraction of sp³-hybridized carbons (Fsp3) is 0. The van der Waals surface area contributed by atoms with E-state index in [1.165, 1.54) is 4.68 Å². The first-order valence-corrected chi connectivity index (χ1v) is 6.65. The Labute approximate surface area is 126 Å². The van der Waals surface area contributed by atoms with E-state index in [1.54, 1.807) is 24.3 Å². The SMILES string of the molecule is Nc1ccccc1-c1nnnn1-c1c(F)cc(F)cc1Br. The van der Waals surface area contributed by atoms with Crippen molar-refractivity contribution < 1.29 is 8.78 Å². The largest absolute Gasteiger partial charge is 0.398 e. The summed E-state index contributed by atoms with van der Waals surface area (Å²) in [5.41, 5.74) is 6.90. The van der Waals surface area contributed by atoms with Gasteiger partial charge in [0.05, 0.1) is 0 Å². The number of hydrogen-bond donors (Lipinski definition) is 1. The quantitative estimate of drug-likeness (QED) is 0.720. The number of nitrogen functional groups attached to an aromatic ring is 1. The molecule has 0 saturated carbocycles. The minimum Gasteiger partial charge on any atom is -0.398 e. The van der Waals surface area contributed by atoms with Crippen LogP contribution in [0.25, 0.3) is 17.1 Å². The number of para-hydroxylation sites is 1. The Kier molecular flexibility index (Phi) is 3.38. The third-order valence-corrected chi connectivity index (χ3v) is 3.47. The molecule has 0 spiro atoms. The number of anilines is 1. The summed E-state index contributed by atoms with van der Waals surface area (Å²) in [5.74, 6) is -1.22. The van der Waals surface area contributed by atoms with Crippen molar-refractivity contribution in [3.63, 3.8) is 0 Å². The van der Waals surface area contributed by atoms with Gasteiger partial charge in [0.25, 0.3) is 0 Å². The Morgan fingerprint density at radius 1 is 1.14 bits per heavy atom. The number of halogens is 3. The first kappa shape index (κ1) is 13.6. The van der Waals surface area contributed by atoms with Gasteiger partial charge in [-0.2, -0.15) is 4.68 Å². The smallest absolute Gasteiger partial charge is 0.189 e. The monoisotopic (exact) mass is 351 g/mol. The normalized spacial score (nSPS) is 10.8. The maximum atomic E-state index is 14.1. The van der Waals surface area contributed by atoms with Gasteiger partial charge in [0.2, 0.25) is 0 Å². The van der Waals surface area contributed by atoms with E-state index in [4.69, 9.17) is 5.73 Å². The minimum atomic E-state index is -0.787. The second-order valence-corrected chi connectivity index (χ2v) is 5.07. The van der Waals surface area contributed by atoms with Crippen molar-refractivity contribution in [1.29, 1.82) is 0 Å². The molecule has 0 aliphatic heterocycles. The van der Waals surface area contributed by atoms with Crippen LogP contribution in [0.5, 0.6) is 0 Å². The lowest BCUT2D eigenvalue weighted by Crippen LogP contribution is -2.05. The Bertz CT molecular complexity index is 795. The number of nitrogens with two attached hydrogens (primary N) is 1. The molecule has 0 bridgehead atoms. The zero-order valence-electron chi connectivity index (χ0n) is 10.5. The number of tetrazole rings is 1. The van der Waals surface area contributed by atoms with Gasteiger partial charge in [-0.25, -0.2) is 8.78 Å². The third-order valence-electron chi connectivity index (χ3n) is 2.86. The average molecular weight is 352 g/mol. The van der Waals surface area contributed by atoms with Gasteiger partial charge in [0.1, 0.15) is 11.5 Å². The van der Waals surface area contributed by atoms with Crippen molar-refractivity contribution in [2.45, 2.75) is 0 Å². The van der Waals surface area contributed by atoms with E-state index in [0.29, 0.717) is 11.3 Å². The molecule has 0 amide bonds. The summed E-state index contributed by atoms with van der Waals surface area (Å²) in [4.78, 5) is 0. The van der Waals surface area contributed by atoms with Crippen LogP contribution >= 0.6 is 15.9 Å². The summed E-state index contributed by atoms with van der Waals surface area (Å²) in [6.45, 7) is 0. The Hall–Kier alpha value is -2.35. The lowest BCUT2D eigenvalue weighted by atomic mass is 10.1. The molecule has 0 fully saturated rings. The molecule has 2 N–H and O–H groups in total. The molecule has 1 heterocycles. The second kappa shape index (κ2) is 5.21. The summed E-state index contributed by atoms with van der Waals surface area (Å²) in [6.07, 6.45) is 0. The standard InChI is InChI=1S/C13H8BrF2N5/c14-9-5-7(15)6-10(16)12(9)21-13(18-19-20-21)8-3-1-2-4-11(8)17/h1-6H,17H2. The molecule has 3 rings (SSSR count). The summed E-state index contributed by atoms with van der Waals surface area (Å²) in [7, 11) is 0. The van der Waals surface area contributed by atoms with Gasteiger partial charge in [0, 0.05) is 21.8 Å². The number of hydrogen-bond acceptors (Lipinski definition) is 4. The van der Waals surface area contributed by atoms with E-state index in [9.17, 15) is 8.78 Å². The van der Waals surface area contributed by atoms with Gasteiger partial charge < -0.3 is 5.73 Å². The molecule has 21 heavy (non-hydrogen) atoms. The Balaban J connectivity index is 2.24. The fourth-order valence-electron chi connectivity index (χ4n) is 1.94. The molecule has 106 valence electrons. The zero-order valence-corrected chi connectivity index (χ0v) is 12.1. The van der Waals surface area contributed by atoms with Gasteiger partial charge in [0.15, 0.2) is 11.6 Å². The van der Waals surface area contributed by atoms with E-state index in [-0.39, 0.29) is 16.0 Å². The Morgan fingerprint density at radius 3 is 2.62 bits per heavy atom.